The summed E-state index contributed by atoms with van der Waals surface area (Å²) >= 11 is 0. The molecule has 3 aromatic rings. The fourth-order valence-corrected chi connectivity index (χ4v) is 4.88. The summed E-state index contributed by atoms with van der Waals surface area (Å²) in [7, 11) is 1.61. The number of amides is 1. The molecule has 1 heterocycles. The van der Waals surface area contributed by atoms with Crippen LogP contribution in [-0.2, 0) is 17.8 Å². The van der Waals surface area contributed by atoms with E-state index in [-0.39, 0.29) is 24.5 Å². The van der Waals surface area contributed by atoms with Gasteiger partial charge in [0.2, 0.25) is 0 Å². The van der Waals surface area contributed by atoms with Crippen molar-refractivity contribution >= 4 is 11.7 Å². The van der Waals surface area contributed by atoms with E-state index in [9.17, 15) is 4.79 Å². The van der Waals surface area contributed by atoms with E-state index in [1.54, 1.807) is 12.0 Å². The van der Waals surface area contributed by atoms with Crippen molar-refractivity contribution in [3.05, 3.63) is 89.2 Å². The van der Waals surface area contributed by atoms with Crippen molar-refractivity contribution in [2.24, 2.45) is 0 Å². The third kappa shape index (κ3) is 5.69. The van der Waals surface area contributed by atoms with Crippen molar-refractivity contribution in [2.75, 3.05) is 13.7 Å². The molecule has 200 valence electrons. The first kappa shape index (κ1) is 27.2. The van der Waals surface area contributed by atoms with Crippen LogP contribution in [-0.4, -0.2) is 30.2 Å². The second-order valence-corrected chi connectivity index (χ2v) is 10.7. The monoisotopic (exact) mass is 517 g/mol. The fourth-order valence-electron chi connectivity index (χ4n) is 4.88. The normalized spacial score (nSPS) is 15.0. The summed E-state index contributed by atoms with van der Waals surface area (Å²) in [5.41, 5.74) is 5.18. The van der Waals surface area contributed by atoms with Crippen molar-refractivity contribution < 1.29 is 23.4 Å². The molecule has 0 N–H and O–H groups in total. The van der Waals surface area contributed by atoms with Crippen LogP contribution in [0.3, 0.4) is 0 Å². The lowest BCUT2D eigenvalue weighted by molar-refractivity contribution is 0.0160. The number of fused-ring (bicyclic) bond motifs is 1. The van der Waals surface area contributed by atoms with Gasteiger partial charge in [0.25, 0.3) is 0 Å². The summed E-state index contributed by atoms with van der Waals surface area (Å²) in [6.07, 6.45) is 0.241. The Bertz CT molecular complexity index is 1340. The predicted molar refractivity (Wildman–Crippen MR) is 149 cm³/mol. The highest BCUT2D eigenvalue weighted by Crippen LogP contribution is 2.44. The van der Waals surface area contributed by atoms with E-state index in [0.717, 1.165) is 22.3 Å². The fraction of sp³-hybridized carbons (Fsp3) is 0.344. The molecule has 0 radical (unpaired) electrons. The van der Waals surface area contributed by atoms with Crippen LogP contribution in [0.15, 0.2) is 61.2 Å². The number of hydrogen-bond donors (Lipinski definition) is 0. The van der Waals surface area contributed by atoms with Gasteiger partial charge in [-0.15, -0.1) is 0 Å². The van der Waals surface area contributed by atoms with Crippen molar-refractivity contribution in [1.29, 1.82) is 0 Å². The molecule has 0 spiro atoms. The van der Waals surface area contributed by atoms with E-state index in [1.165, 1.54) is 6.07 Å². The molecular formula is C32H36FNO4. The lowest BCUT2D eigenvalue weighted by Crippen LogP contribution is -2.42. The van der Waals surface area contributed by atoms with Crippen LogP contribution in [0.4, 0.5) is 9.18 Å². The Morgan fingerprint density at radius 2 is 1.84 bits per heavy atom. The average Bonchev–Trinajstić information content (AvgIpc) is 2.86. The maximum Gasteiger partial charge on any atom is 0.410 e. The number of carbonyl (C=O) groups is 1. The maximum atomic E-state index is 15.7. The first-order chi connectivity index (χ1) is 18.0. The van der Waals surface area contributed by atoms with Gasteiger partial charge in [0.15, 0.2) is 11.6 Å². The summed E-state index contributed by atoms with van der Waals surface area (Å²) in [6.45, 7) is 14.2. The topological polar surface area (TPSA) is 48.0 Å². The maximum absolute atomic E-state index is 15.7. The summed E-state index contributed by atoms with van der Waals surface area (Å²) in [5, 5.41) is 0. The Morgan fingerprint density at radius 1 is 1.13 bits per heavy atom. The second kappa shape index (κ2) is 10.9. The molecule has 1 aliphatic heterocycles. The molecule has 5 nitrogen and oxygen atoms in total. The average molecular weight is 518 g/mol. The molecule has 4 rings (SSSR count). The largest absolute Gasteiger partial charge is 0.496 e. The quantitative estimate of drug-likeness (QED) is 0.333. The van der Waals surface area contributed by atoms with E-state index in [4.69, 9.17) is 14.2 Å². The molecule has 0 saturated carbocycles. The Hall–Kier alpha value is -3.80. The number of ether oxygens (including phenoxy) is 3. The number of carbonyl (C=O) groups excluding carboxylic acids is 1. The Morgan fingerprint density at radius 3 is 2.47 bits per heavy atom. The molecular weight excluding hydrogens is 481 g/mol. The molecule has 0 aliphatic carbocycles. The molecule has 38 heavy (non-hydrogen) atoms. The van der Waals surface area contributed by atoms with Crippen LogP contribution >= 0.6 is 0 Å². The zero-order chi connectivity index (χ0) is 27.6. The number of methoxy groups -OCH3 is 1. The van der Waals surface area contributed by atoms with Crippen molar-refractivity contribution in [1.82, 2.24) is 4.90 Å². The number of rotatable bonds is 6. The lowest BCUT2D eigenvalue weighted by atomic mass is 9.85. The predicted octanol–water partition coefficient (Wildman–Crippen LogP) is 7.97. The van der Waals surface area contributed by atoms with Gasteiger partial charge in [-0.2, -0.15) is 0 Å². The smallest absolute Gasteiger partial charge is 0.410 e. The summed E-state index contributed by atoms with van der Waals surface area (Å²) in [6, 6.07) is 16.7. The van der Waals surface area contributed by atoms with Crippen molar-refractivity contribution in [3.63, 3.8) is 0 Å². The lowest BCUT2D eigenvalue weighted by Gasteiger charge is -2.37. The van der Waals surface area contributed by atoms with Gasteiger partial charge in [-0.3, -0.25) is 0 Å². The minimum atomic E-state index is -0.580. The van der Waals surface area contributed by atoms with Crippen molar-refractivity contribution in [3.8, 4) is 22.6 Å². The minimum Gasteiger partial charge on any atom is -0.496 e. The van der Waals surface area contributed by atoms with Gasteiger partial charge in [0, 0.05) is 17.7 Å². The number of hydrogen-bond acceptors (Lipinski definition) is 4. The molecule has 0 bridgehead atoms. The standard InChI is InChI=1S/C32H36FNO4/c1-20(2)26-17-23(18-27(33)30(26)37-19-22-11-9-8-10-12-22)29-25-15-16-34(31(35)38-32(4,5)6)21(3)24(25)13-14-28(29)36-7/h8-14,17-18,21H,1,15-16,19H2,2-7H3/t21-/m1/s1. The van der Waals surface area contributed by atoms with Gasteiger partial charge < -0.3 is 19.1 Å². The van der Waals surface area contributed by atoms with Crippen LogP contribution in [0.2, 0.25) is 0 Å². The Labute approximate surface area is 224 Å². The number of benzene rings is 3. The zero-order valence-electron chi connectivity index (χ0n) is 23.1. The number of nitrogens with zero attached hydrogens (tertiary/aromatic N) is 1. The van der Waals surface area contributed by atoms with Gasteiger partial charge in [0.05, 0.1) is 13.2 Å². The molecule has 0 unspecified atom stereocenters. The molecule has 0 fully saturated rings. The van der Waals surface area contributed by atoms with Gasteiger partial charge in [-0.1, -0.05) is 43.0 Å². The van der Waals surface area contributed by atoms with Gasteiger partial charge in [0.1, 0.15) is 18.0 Å². The van der Waals surface area contributed by atoms with Crippen LogP contribution in [0, 0.1) is 5.82 Å². The summed E-state index contributed by atoms with van der Waals surface area (Å²) in [4.78, 5) is 14.6. The molecule has 0 aromatic heterocycles. The number of halogens is 1. The highest BCUT2D eigenvalue weighted by molar-refractivity contribution is 5.81. The third-order valence-corrected chi connectivity index (χ3v) is 6.70. The van der Waals surface area contributed by atoms with E-state index < -0.39 is 11.4 Å². The van der Waals surface area contributed by atoms with Gasteiger partial charge >= 0.3 is 6.09 Å². The van der Waals surface area contributed by atoms with Crippen LogP contribution in [0.1, 0.15) is 62.9 Å². The molecule has 3 aromatic carbocycles. The third-order valence-electron chi connectivity index (χ3n) is 6.70. The Kier molecular flexibility index (Phi) is 7.81. The first-order valence-corrected chi connectivity index (χ1v) is 12.9. The molecule has 1 aliphatic rings. The SMILES string of the molecule is C=C(C)c1cc(-c2c(OC)ccc3c2CCN(C(=O)OC(C)(C)C)[C@@H]3C)cc(F)c1OCc1ccccc1. The van der Waals surface area contributed by atoms with Crippen molar-refractivity contribution in [2.45, 2.75) is 59.3 Å². The first-order valence-electron chi connectivity index (χ1n) is 12.9. The van der Waals surface area contributed by atoms with Crippen LogP contribution in [0.25, 0.3) is 16.7 Å². The highest BCUT2D eigenvalue weighted by Gasteiger charge is 2.33. The minimum absolute atomic E-state index is 0.179. The highest BCUT2D eigenvalue weighted by atomic mass is 19.1. The van der Waals surface area contributed by atoms with E-state index in [2.05, 4.69) is 6.58 Å². The van der Waals surface area contributed by atoms with E-state index in [1.807, 2.05) is 83.1 Å². The summed E-state index contributed by atoms with van der Waals surface area (Å²) in [5.74, 6) is 0.361. The van der Waals surface area contributed by atoms with E-state index in [0.29, 0.717) is 35.4 Å². The molecule has 0 saturated heterocycles. The molecule has 1 atom stereocenters. The van der Waals surface area contributed by atoms with E-state index >= 15 is 4.39 Å². The van der Waals surface area contributed by atoms with Crippen LogP contribution < -0.4 is 9.47 Å². The molecule has 1 amide bonds. The molecule has 6 heteroatoms. The number of allylic oxidation sites excluding steroid dienone is 1. The zero-order valence-corrected chi connectivity index (χ0v) is 23.1. The van der Waals surface area contributed by atoms with Gasteiger partial charge in [-0.25, -0.2) is 9.18 Å². The van der Waals surface area contributed by atoms with Gasteiger partial charge in [-0.05, 0) is 87.1 Å². The van der Waals surface area contributed by atoms with Crippen LogP contribution in [0.5, 0.6) is 11.5 Å². The Balaban J connectivity index is 1.75. The summed E-state index contributed by atoms with van der Waals surface area (Å²) < 4.78 is 33.0. The second-order valence-electron chi connectivity index (χ2n) is 10.7.